The average molecular weight is 223 g/mol. The minimum atomic E-state index is -0.193. The lowest BCUT2D eigenvalue weighted by Gasteiger charge is -2.05. The van der Waals surface area contributed by atoms with Crippen molar-refractivity contribution in [1.82, 2.24) is 4.98 Å². The first kappa shape index (κ1) is 12.6. The SMILES string of the molecule is CCCOCC(=O)Nc1ccc(CN)cn1. The van der Waals surface area contributed by atoms with E-state index in [1.807, 2.05) is 13.0 Å². The third-order valence-electron chi connectivity index (χ3n) is 1.91. The smallest absolute Gasteiger partial charge is 0.251 e. The molecule has 0 radical (unpaired) electrons. The van der Waals surface area contributed by atoms with Crippen LogP contribution in [0.15, 0.2) is 18.3 Å². The molecule has 5 nitrogen and oxygen atoms in total. The van der Waals surface area contributed by atoms with Gasteiger partial charge in [-0.05, 0) is 18.1 Å². The molecule has 0 spiro atoms. The molecule has 88 valence electrons. The molecule has 1 amide bonds. The van der Waals surface area contributed by atoms with Crippen LogP contribution in [0.4, 0.5) is 5.82 Å². The number of nitrogens with one attached hydrogen (secondary N) is 1. The number of nitrogens with zero attached hydrogens (tertiary/aromatic N) is 1. The highest BCUT2D eigenvalue weighted by atomic mass is 16.5. The molecule has 0 atom stereocenters. The molecule has 0 fully saturated rings. The highest BCUT2D eigenvalue weighted by molar-refractivity contribution is 5.90. The largest absolute Gasteiger partial charge is 0.372 e. The molecule has 1 heterocycles. The Kier molecular flexibility index (Phi) is 5.45. The summed E-state index contributed by atoms with van der Waals surface area (Å²) in [5.74, 6) is 0.323. The molecule has 0 unspecified atom stereocenters. The molecule has 16 heavy (non-hydrogen) atoms. The van der Waals surface area contributed by atoms with Crippen molar-refractivity contribution < 1.29 is 9.53 Å². The summed E-state index contributed by atoms with van der Waals surface area (Å²) in [5.41, 5.74) is 6.37. The van der Waals surface area contributed by atoms with E-state index in [-0.39, 0.29) is 12.5 Å². The number of hydrogen-bond acceptors (Lipinski definition) is 4. The third-order valence-corrected chi connectivity index (χ3v) is 1.91. The van der Waals surface area contributed by atoms with Gasteiger partial charge in [0.15, 0.2) is 0 Å². The molecule has 0 bridgehead atoms. The topological polar surface area (TPSA) is 77.2 Å². The Morgan fingerprint density at radius 1 is 1.56 bits per heavy atom. The molecule has 1 aromatic rings. The number of carbonyl (C=O) groups excluding carboxylic acids is 1. The zero-order valence-corrected chi connectivity index (χ0v) is 9.40. The van der Waals surface area contributed by atoms with Gasteiger partial charge in [0.05, 0.1) is 0 Å². The summed E-state index contributed by atoms with van der Waals surface area (Å²) in [6.45, 7) is 3.09. The van der Waals surface area contributed by atoms with Crippen molar-refractivity contribution >= 4 is 11.7 Å². The quantitative estimate of drug-likeness (QED) is 0.702. The summed E-state index contributed by atoms with van der Waals surface area (Å²) in [6.07, 6.45) is 2.54. The highest BCUT2D eigenvalue weighted by Gasteiger charge is 2.02. The Morgan fingerprint density at radius 2 is 2.38 bits per heavy atom. The maximum Gasteiger partial charge on any atom is 0.251 e. The van der Waals surface area contributed by atoms with E-state index >= 15 is 0 Å². The first-order chi connectivity index (χ1) is 7.76. The van der Waals surface area contributed by atoms with Gasteiger partial charge in [-0.2, -0.15) is 0 Å². The van der Waals surface area contributed by atoms with Crippen LogP contribution in [0.25, 0.3) is 0 Å². The number of ether oxygens (including phenoxy) is 1. The normalized spacial score (nSPS) is 10.1. The summed E-state index contributed by atoms with van der Waals surface area (Å²) < 4.78 is 5.10. The summed E-state index contributed by atoms with van der Waals surface area (Å²) in [4.78, 5) is 15.4. The van der Waals surface area contributed by atoms with Crippen LogP contribution in [-0.2, 0) is 16.1 Å². The number of carbonyl (C=O) groups is 1. The Hall–Kier alpha value is -1.46. The van der Waals surface area contributed by atoms with Crippen LogP contribution in [0.3, 0.4) is 0 Å². The van der Waals surface area contributed by atoms with E-state index in [1.54, 1.807) is 12.3 Å². The second-order valence-corrected chi connectivity index (χ2v) is 3.36. The lowest BCUT2D eigenvalue weighted by molar-refractivity contribution is -0.120. The molecule has 0 saturated carbocycles. The molecule has 0 aliphatic rings. The van der Waals surface area contributed by atoms with E-state index in [2.05, 4.69) is 10.3 Å². The molecule has 1 aromatic heterocycles. The summed E-state index contributed by atoms with van der Waals surface area (Å²) in [5, 5.41) is 2.64. The predicted molar refractivity (Wildman–Crippen MR) is 61.9 cm³/mol. The molecular formula is C11H17N3O2. The Bertz CT molecular complexity index is 325. The lowest BCUT2D eigenvalue weighted by Crippen LogP contribution is -2.19. The van der Waals surface area contributed by atoms with Gasteiger partial charge in [0.1, 0.15) is 12.4 Å². The standard InChI is InChI=1S/C11H17N3O2/c1-2-5-16-8-11(15)14-10-4-3-9(6-12)7-13-10/h3-4,7H,2,5-6,8,12H2,1H3,(H,13,14,15). The van der Waals surface area contributed by atoms with Crippen LogP contribution in [0.1, 0.15) is 18.9 Å². The van der Waals surface area contributed by atoms with Gasteiger partial charge in [0, 0.05) is 19.3 Å². The van der Waals surface area contributed by atoms with Gasteiger partial charge in [0.2, 0.25) is 0 Å². The number of rotatable bonds is 6. The Morgan fingerprint density at radius 3 is 2.94 bits per heavy atom. The monoisotopic (exact) mass is 223 g/mol. The van der Waals surface area contributed by atoms with Crippen LogP contribution in [-0.4, -0.2) is 24.1 Å². The predicted octanol–water partition coefficient (Wildman–Crippen LogP) is 0.905. The molecule has 0 aliphatic carbocycles. The molecule has 0 aliphatic heterocycles. The van der Waals surface area contributed by atoms with Crippen LogP contribution < -0.4 is 11.1 Å². The van der Waals surface area contributed by atoms with Gasteiger partial charge in [-0.1, -0.05) is 13.0 Å². The van der Waals surface area contributed by atoms with Gasteiger partial charge >= 0.3 is 0 Å². The van der Waals surface area contributed by atoms with E-state index in [1.165, 1.54) is 0 Å². The summed E-state index contributed by atoms with van der Waals surface area (Å²) >= 11 is 0. The second-order valence-electron chi connectivity index (χ2n) is 3.36. The van der Waals surface area contributed by atoms with E-state index in [0.29, 0.717) is 19.0 Å². The van der Waals surface area contributed by atoms with Crippen molar-refractivity contribution in [3.63, 3.8) is 0 Å². The minimum Gasteiger partial charge on any atom is -0.372 e. The van der Waals surface area contributed by atoms with Gasteiger partial charge in [-0.3, -0.25) is 4.79 Å². The van der Waals surface area contributed by atoms with Crippen LogP contribution >= 0.6 is 0 Å². The van der Waals surface area contributed by atoms with Crippen molar-refractivity contribution in [2.75, 3.05) is 18.5 Å². The fraction of sp³-hybridized carbons (Fsp3) is 0.455. The fourth-order valence-corrected chi connectivity index (χ4v) is 1.11. The maximum absolute atomic E-state index is 11.3. The zero-order chi connectivity index (χ0) is 11.8. The first-order valence-electron chi connectivity index (χ1n) is 5.29. The number of anilines is 1. The van der Waals surface area contributed by atoms with E-state index in [0.717, 1.165) is 12.0 Å². The number of nitrogens with two attached hydrogens (primary N) is 1. The van der Waals surface area contributed by atoms with Gasteiger partial charge in [-0.15, -0.1) is 0 Å². The molecular weight excluding hydrogens is 206 g/mol. The van der Waals surface area contributed by atoms with Crippen LogP contribution in [0, 0.1) is 0 Å². The number of aromatic nitrogens is 1. The molecule has 1 rings (SSSR count). The Labute approximate surface area is 95.0 Å². The molecule has 5 heteroatoms. The highest BCUT2D eigenvalue weighted by Crippen LogP contribution is 2.04. The fourth-order valence-electron chi connectivity index (χ4n) is 1.11. The molecule has 0 aromatic carbocycles. The van der Waals surface area contributed by atoms with Gasteiger partial charge in [-0.25, -0.2) is 4.98 Å². The van der Waals surface area contributed by atoms with E-state index in [9.17, 15) is 4.79 Å². The van der Waals surface area contributed by atoms with Crippen LogP contribution in [0.2, 0.25) is 0 Å². The number of pyridine rings is 1. The average Bonchev–Trinajstić information content (AvgIpc) is 2.30. The second kappa shape index (κ2) is 6.92. The number of amides is 1. The van der Waals surface area contributed by atoms with Crippen molar-refractivity contribution in [2.45, 2.75) is 19.9 Å². The van der Waals surface area contributed by atoms with Crippen molar-refractivity contribution in [3.05, 3.63) is 23.9 Å². The maximum atomic E-state index is 11.3. The summed E-state index contributed by atoms with van der Waals surface area (Å²) in [6, 6.07) is 3.55. The van der Waals surface area contributed by atoms with Gasteiger partial charge < -0.3 is 15.8 Å². The first-order valence-corrected chi connectivity index (χ1v) is 5.29. The zero-order valence-electron chi connectivity index (χ0n) is 9.40. The van der Waals surface area contributed by atoms with Crippen molar-refractivity contribution in [1.29, 1.82) is 0 Å². The minimum absolute atomic E-state index is 0.0637. The van der Waals surface area contributed by atoms with Crippen LogP contribution in [0.5, 0.6) is 0 Å². The van der Waals surface area contributed by atoms with Crippen molar-refractivity contribution in [3.8, 4) is 0 Å². The third kappa shape index (κ3) is 4.37. The van der Waals surface area contributed by atoms with E-state index < -0.39 is 0 Å². The molecule has 3 N–H and O–H groups in total. The summed E-state index contributed by atoms with van der Waals surface area (Å²) in [7, 11) is 0. The molecule has 0 saturated heterocycles. The number of hydrogen-bond donors (Lipinski definition) is 2. The Balaban J connectivity index is 2.37. The van der Waals surface area contributed by atoms with E-state index in [4.69, 9.17) is 10.5 Å². The lowest BCUT2D eigenvalue weighted by atomic mass is 10.3. The van der Waals surface area contributed by atoms with Gasteiger partial charge in [0.25, 0.3) is 5.91 Å². The van der Waals surface area contributed by atoms with Crippen molar-refractivity contribution in [2.24, 2.45) is 5.73 Å².